The van der Waals surface area contributed by atoms with Gasteiger partial charge in [0.15, 0.2) is 0 Å². The van der Waals surface area contributed by atoms with Gasteiger partial charge in [-0.15, -0.1) is 0 Å². The van der Waals surface area contributed by atoms with Gasteiger partial charge in [0, 0.05) is 39.3 Å². The molecule has 3 atom stereocenters. The van der Waals surface area contributed by atoms with E-state index in [-0.39, 0.29) is 12.0 Å². The summed E-state index contributed by atoms with van der Waals surface area (Å²) in [5, 5.41) is 5.14. The fourth-order valence-electron chi connectivity index (χ4n) is 8.63. The SMILES string of the molecule is CC1C=C(c2ccc3cc(-c4ccc(-n5c6ccccc6c6ccc7c(c65)C5C=CC=CC5N7C5=CC=CCC=C5)cc4)ccc3c2)C=CC1. The van der Waals surface area contributed by atoms with E-state index in [1.54, 1.807) is 0 Å². The molecule has 3 unspecified atom stereocenters. The first-order valence-corrected chi connectivity index (χ1v) is 18.0. The van der Waals surface area contributed by atoms with Crippen LogP contribution >= 0.6 is 0 Å². The molecule has 0 saturated carbocycles. The van der Waals surface area contributed by atoms with E-state index in [1.165, 1.54) is 77.5 Å². The summed E-state index contributed by atoms with van der Waals surface area (Å²) in [6.07, 6.45) is 29.5. The maximum atomic E-state index is 2.54. The summed E-state index contributed by atoms with van der Waals surface area (Å²) < 4.78 is 2.51. The minimum atomic E-state index is 0.236. The molecule has 6 aromatic rings. The molecule has 0 saturated heterocycles. The van der Waals surface area contributed by atoms with Crippen molar-refractivity contribution in [1.82, 2.24) is 4.57 Å². The van der Waals surface area contributed by atoms with Crippen LogP contribution in [0.1, 0.15) is 36.8 Å². The Balaban J connectivity index is 1.08. The molecule has 240 valence electrons. The largest absolute Gasteiger partial charge is 0.333 e. The highest BCUT2D eigenvalue weighted by atomic mass is 15.2. The second-order valence-electron chi connectivity index (χ2n) is 14.1. The number of aromatic nitrogens is 1. The van der Waals surface area contributed by atoms with Crippen LogP contribution in [0.5, 0.6) is 0 Å². The Kier molecular flexibility index (Phi) is 6.77. The molecule has 2 heteroatoms. The quantitative estimate of drug-likeness (QED) is 0.186. The summed E-state index contributed by atoms with van der Waals surface area (Å²) in [6.45, 7) is 2.29. The number of hydrogen-bond donors (Lipinski definition) is 0. The summed E-state index contributed by atoms with van der Waals surface area (Å²) in [7, 11) is 0. The Morgan fingerprint density at radius 2 is 1.46 bits per heavy atom. The molecule has 2 heterocycles. The molecule has 50 heavy (non-hydrogen) atoms. The maximum Gasteiger partial charge on any atom is 0.0630 e. The fraction of sp³-hybridized carbons (Fsp3) is 0.125. The van der Waals surface area contributed by atoms with E-state index < -0.39 is 0 Å². The molecule has 3 aliphatic carbocycles. The Hall–Kier alpha value is -5.86. The number of fused-ring (bicyclic) bond motifs is 8. The lowest BCUT2D eigenvalue weighted by Crippen LogP contribution is -2.31. The average Bonchev–Trinajstić information content (AvgIpc) is 3.53. The molecule has 1 aliphatic heterocycles. The van der Waals surface area contributed by atoms with Crippen LogP contribution in [-0.2, 0) is 0 Å². The van der Waals surface area contributed by atoms with Gasteiger partial charge < -0.3 is 9.47 Å². The summed E-state index contributed by atoms with van der Waals surface area (Å²) in [5.74, 6) is 0.848. The lowest BCUT2D eigenvalue weighted by molar-refractivity contribution is 0.730. The average molecular weight is 643 g/mol. The molecule has 0 fully saturated rings. The van der Waals surface area contributed by atoms with Crippen molar-refractivity contribution in [2.45, 2.75) is 31.7 Å². The van der Waals surface area contributed by atoms with Gasteiger partial charge in [-0.05, 0) is 100 Å². The van der Waals surface area contributed by atoms with E-state index in [4.69, 9.17) is 0 Å². The lowest BCUT2D eigenvalue weighted by atomic mass is 9.90. The standard InChI is InChI=1S/C48H38N2/c1-32-11-10-12-34(29-32)36-21-22-37-30-35(19-20-38(37)31-36)33-23-25-40(26-24-33)50-44-17-8-6-15-41(44)42-27-28-46-47(48(42)50)43-16-7-9-18-45(43)49(46)39-13-4-2-3-5-14-39/h2,4-10,12-32,43,45H,3,11H2,1H3. The van der Waals surface area contributed by atoms with Gasteiger partial charge in [0.2, 0.25) is 0 Å². The lowest BCUT2D eigenvalue weighted by Gasteiger charge is -2.29. The number of anilines is 1. The summed E-state index contributed by atoms with van der Waals surface area (Å²) in [6, 6.07) is 36.8. The van der Waals surface area contributed by atoms with Gasteiger partial charge in [-0.25, -0.2) is 0 Å². The van der Waals surface area contributed by atoms with Crippen LogP contribution in [0.3, 0.4) is 0 Å². The van der Waals surface area contributed by atoms with Gasteiger partial charge >= 0.3 is 0 Å². The minimum absolute atomic E-state index is 0.236. The zero-order valence-corrected chi connectivity index (χ0v) is 28.2. The van der Waals surface area contributed by atoms with Crippen molar-refractivity contribution < 1.29 is 0 Å². The molecule has 0 bridgehead atoms. The normalized spacial score (nSPS) is 20.7. The second kappa shape index (κ2) is 11.6. The third kappa shape index (κ3) is 4.63. The first-order chi connectivity index (χ1) is 24.7. The third-order valence-corrected chi connectivity index (χ3v) is 11.0. The fourth-order valence-corrected chi connectivity index (χ4v) is 8.63. The smallest absolute Gasteiger partial charge is 0.0630 e. The van der Waals surface area contributed by atoms with Crippen molar-refractivity contribution in [3.05, 3.63) is 187 Å². The molecule has 1 aromatic heterocycles. The summed E-state index contributed by atoms with van der Waals surface area (Å²) in [5.41, 5.74) is 12.8. The van der Waals surface area contributed by atoms with Gasteiger partial charge in [0.25, 0.3) is 0 Å². The third-order valence-electron chi connectivity index (χ3n) is 11.0. The molecular weight excluding hydrogens is 605 g/mol. The van der Waals surface area contributed by atoms with E-state index in [0.717, 1.165) is 12.8 Å². The zero-order chi connectivity index (χ0) is 33.2. The van der Waals surface area contributed by atoms with Gasteiger partial charge in [-0.3, -0.25) is 0 Å². The number of hydrogen-bond acceptors (Lipinski definition) is 1. The molecule has 2 nitrogen and oxygen atoms in total. The van der Waals surface area contributed by atoms with Crippen molar-refractivity contribution in [3.63, 3.8) is 0 Å². The highest BCUT2D eigenvalue weighted by Gasteiger charge is 2.40. The van der Waals surface area contributed by atoms with E-state index in [1.807, 2.05) is 0 Å². The van der Waals surface area contributed by atoms with E-state index in [2.05, 4.69) is 186 Å². The van der Waals surface area contributed by atoms with Crippen LogP contribution in [0.15, 0.2) is 176 Å². The van der Waals surface area contributed by atoms with Gasteiger partial charge in [-0.1, -0.05) is 128 Å². The Labute approximate surface area is 293 Å². The van der Waals surface area contributed by atoms with Crippen molar-refractivity contribution in [3.8, 4) is 16.8 Å². The molecular formula is C48H38N2. The van der Waals surface area contributed by atoms with Crippen LogP contribution in [0.25, 0.3) is 55.0 Å². The monoisotopic (exact) mass is 642 g/mol. The Bertz CT molecular complexity index is 2560. The van der Waals surface area contributed by atoms with Gasteiger partial charge in [0.05, 0.1) is 17.1 Å². The Morgan fingerprint density at radius 1 is 0.660 bits per heavy atom. The number of nitrogens with zero attached hydrogens (tertiary/aromatic N) is 2. The van der Waals surface area contributed by atoms with Crippen molar-refractivity contribution in [2.75, 3.05) is 4.90 Å². The predicted octanol–water partition coefficient (Wildman–Crippen LogP) is 12.4. The molecule has 0 amide bonds. The highest BCUT2D eigenvalue weighted by Crippen LogP contribution is 2.51. The van der Waals surface area contributed by atoms with Gasteiger partial charge in [0.1, 0.15) is 0 Å². The van der Waals surface area contributed by atoms with E-state index in [0.29, 0.717) is 5.92 Å². The summed E-state index contributed by atoms with van der Waals surface area (Å²) >= 11 is 0. The van der Waals surface area contributed by atoms with Crippen molar-refractivity contribution >= 4 is 43.8 Å². The highest BCUT2D eigenvalue weighted by molar-refractivity contribution is 6.12. The van der Waals surface area contributed by atoms with Crippen molar-refractivity contribution in [1.29, 1.82) is 0 Å². The molecule has 5 aromatic carbocycles. The number of allylic oxidation sites excluding steroid dienone is 11. The second-order valence-corrected chi connectivity index (χ2v) is 14.1. The number of benzene rings is 5. The Morgan fingerprint density at radius 3 is 2.34 bits per heavy atom. The van der Waals surface area contributed by atoms with E-state index in [9.17, 15) is 0 Å². The first kappa shape index (κ1) is 29.1. The number of rotatable bonds is 4. The number of para-hydroxylation sites is 1. The zero-order valence-electron chi connectivity index (χ0n) is 28.2. The molecule has 10 rings (SSSR count). The van der Waals surface area contributed by atoms with Gasteiger partial charge in [-0.2, -0.15) is 0 Å². The van der Waals surface area contributed by atoms with Crippen LogP contribution in [0, 0.1) is 5.92 Å². The summed E-state index contributed by atoms with van der Waals surface area (Å²) in [4.78, 5) is 2.54. The van der Waals surface area contributed by atoms with Crippen LogP contribution in [0.4, 0.5) is 5.69 Å². The van der Waals surface area contributed by atoms with Crippen LogP contribution in [0.2, 0.25) is 0 Å². The van der Waals surface area contributed by atoms with Crippen LogP contribution < -0.4 is 4.90 Å². The van der Waals surface area contributed by atoms with Crippen LogP contribution in [-0.4, -0.2) is 10.6 Å². The topological polar surface area (TPSA) is 8.17 Å². The van der Waals surface area contributed by atoms with Crippen molar-refractivity contribution in [2.24, 2.45) is 5.92 Å². The molecule has 0 radical (unpaired) electrons. The predicted molar refractivity (Wildman–Crippen MR) is 213 cm³/mol. The molecule has 0 N–H and O–H groups in total. The maximum absolute atomic E-state index is 2.54. The van der Waals surface area contributed by atoms with E-state index >= 15 is 0 Å². The minimum Gasteiger partial charge on any atom is -0.333 e. The molecule has 4 aliphatic rings. The first-order valence-electron chi connectivity index (χ1n) is 18.0. The molecule has 0 spiro atoms.